The number of halogens is 1. The number of aromatic nitrogens is 1. The molecule has 2 N–H and O–H groups in total. The summed E-state index contributed by atoms with van der Waals surface area (Å²) in [4.78, 5) is 19.8. The fourth-order valence-corrected chi connectivity index (χ4v) is 4.58. The average Bonchev–Trinajstić information content (AvgIpc) is 3.05. The van der Waals surface area contributed by atoms with Gasteiger partial charge in [0.1, 0.15) is 6.04 Å². The molecule has 1 aliphatic rings. The van der Waals surface area contributed by atoms with Crippen molar-refractivity contribution in [2.75, 3.05) is 31.1 Å². The zero-order valence-corrected chi connectivity index (χ0v) is 17.7. The number of nitrogens with one attached hydrogen (secondary N) is 1. The van der Waals surface area contributed by atoms with Crippen LogP contribution in [-0.2, 0) is 4.79 Å². The summed E-state index contributed by atoms with van der Waals surface area (Å²) in [5, 5.41) is 11.0. The molecule has 1 aliphatic heterocycles. The topological polar surface area (TPSA) is 59.6 Å². The standard InChI is InChI=1S/C22H24BrN3O2/c1-14-3-6-20(15(2)11-14)25-7-9-26(10-8-25)21(22(27)28)18-13-24-19-12-16(23)4-5-17(18)19/h3-6,11-13,21,24H,7-10H2,1-2H3,(H,27,28)/t21-/m1/s1. The predicted molar refractivity (Wildman–Crippen MR) is 116 cm³/mol. The van der Waals surface area contributed by atoms with E-state index in [1.165, 1.54) is 16.8 Å². The lowest BCUT2D eigenvalue weighted by atomic mass is 10.0. The van der Waals surface area contributed by atoms with Gasteiger partial charge < -0.3 is 15.0 Å². The Bertz CT molecular complexity index is 1020. The first-order chi connectivity index (χ1) is 13.4. The Hall–Kier alpha value is -2.31. The van der Waals surface area contributed by atoms with Gasteiger partial charge in [-0.25, -0.2) is 0 Å². The van der Waals surface area contributed by atoms with Crippen molar-refractivity contribution in [2.24, 2.45) is 0 Å². The third-order valence-corrected chi connectivity index (χ3v) is 6.07. The lowest BCUT2D eigenvalue weighted by Gasteiger charge is -2.39. The van der Waals surface area contributed by atoms with Crippen LogP contribution in [0.4, 0.5) is 5.69 Å². The van der Waals surface area contributed by atoms with Gasteiger partial charge in [-0.1, -0.05) is 39.7 Å². The molecule has 5 nitrogen and oxygen atoms in total. The molecule has 0 aliphatic carbocycles. The number of aliphatic carboxylic acids is 1. The molecule has 1 aromatic heterocycles. The van der Waals surface area contributed by atoms with E-state index in [1.807, 2.05) is 24.4 Å². The molecule has 1 saturated heterocycles. The summed E-state index contributed by atoms with van der Waals surface area (Å²) in [6.45, 7) is 7.31. The number of aryl methyl sites for hydroxylation is 2. The van der Waals surface area contributed by atoms with Crippen LogP contribution in [0.3, 0.4) is 0 Å². The maximum absolute atomic E-state index is 12.2. The second-order valence-electron chi connectivity index (χ2n) is 7.49. The van der Waals surface area contributed by atoms with Gasteiger partial charge in [-0.3, -0.25) is 9.69 Å². The fourth-order valence-electron chi connectivity index (χ4n) is 4.21. The Morgan fingerprint density at radius 1 is 1.11 bits per heavy atom. The van der Waals surface area contributed by atoms with Gasteiger partial charge in [-0.2, -0.15) is 0 Å². The number of H-pyrrole nitrogens is 1. The predicted octanol–water partition coefficient (Wildman–Crippen LogP) is 4.50. The van der Waals surface area contributed by atoms with Gasteiger partial charge >= 0.3 is 5.97 Å². The molecule has 3 aromatic rings. The summed E-state index contributed by atoms with van der Waals surface area (Å²) in [5.74, 6) is -0.802. The number of carbonyl (C=O) groups is 1. The zero-order valence-electron chi connectivity index (χ0n) is 16.1. The molecule has 146 valence electrons. The maximum Gasteiger partial charge on any atom is 0.325 e. The smallest absolute Gasteiger partial charge is 0.325 e. The minimum Gasteiger partial charge on any atom is -0.480 e. The Morgan fingerprint density at radius 3 is 2.54 bits per heavy atom. The van der Waals surface area contributed by atoms with Crippen molar-refractivity contribution >= 4 is 38.5 Å². The molecule has 28 heavy (non-hydrogen) atoms. The van der Waals surface area contributed by atoms with Gasteiger partial charge in [0.05, 0.1) is 0 Å². The number of rotatable bonds is 4. The molecule has 0 radical (unpaired) electrons. The third kappa shape index (κ3) is 3.54. The van der Waals surface area contributed by atoms with Crippen LogP contribution < -0.4 is 4.90 Å². The monoisotopic (exact) mass is 441 g/mol. The lowest BCUT2D eigenvalue weighted by Crippen LogP contribution is -2.49. The van der Waals surface area contributed by atoms with Gasteiger partial charge in [-0.05, 0) is 37.6 Å². The highest BCUT2D eigenvalue weighted by molar-refractivity contribution is 9.10. The number of piperazine rings is 1. The molecular weight excluding hydrogens is 418 g/mol. The van der Waals surface area contributed by atoms with E-state index >= 15 is 0 Å². The van der Waals surface area contributed by atoms with E-state index < -0.39 is 12.0 Å². The van der Waals surface area contributed by atoms with Crippen molar-refractivity contribution in [3.8, 4) is 0 Å². The van der Waals surface area contributed by atoms with Crippen LogP contribution in [0.2, 0.25) is 0 Å². The number of nitrogens with zero attached hydrogens (tertiary/aromatic N) is 2. The van der Waals surface area contributed by atoms with Crippen LogP contribution in [0.1, 0.15) is 22.7 Å². The first-order valence-corrected chi connectivity index (χ1v) is 10.3. The van der Waals surface area contributed by atoms with Crippen molar-refractivity contribution in [2.45, 2.75) is 19.9 Å². The van der Waals surface area contributed by atoms with Gasteiger partial charge in [-0.15, -0.1) is 0 Å². The summed E-state index contributed by atoms with van der Waals surface area (Å²) in [6.07, 6.45) is 1.84. The number of anilines is 1. The Labute approximate surface area is 173 Å². The Kier molecular flexibility index (Phi) is 5.17. The van der Waals surface area contributed by atoms with Crippen LogP contribution in [0, 0.1) is 13.8 Å². The van der Waals surface area contributed by atoms with Gasteiger partial charge in [0.15, 0.2) is 0 Å². The molecule has 2 heterocycles. The molecule has 0 unspecified atom stereocenters. The van der Waals surface area contributed by atoms with Gasteiger partial charge in [0.2, 0.25) is 0 Å². The Morgan fingerprint density at radius 2 is 1.86 bits per heavy atom. The molecule has 2 aromatic carbocycles. The number of hydrogen-bond acceptors (Lipinski definition) is 3. The van der Waals surface area contributed by atoms with E-state index in [1.54, 1.807) is 0 Å². The van der Waals surface area contributed by atoms with E-state index in [9.17, 15) is 9.90 Å². The highest BCUT2D eigenvalue weighted by atomic mass is 79.9. The molecule has 6 heteroatoms. The summed E-state index contributed by atoms with van der Waals surface area (Å²) in [7, 11) is 0. The van der Waals surface area contributed by atoms with E-state index in [0.29, 0.717) is 13.1 Å². The quantitative estimate of drug-likeness (QED) is 0.625. The zero-order chi connectivity index (χ0) is 19.8. The molecule has 0 saturated carbocycles. The van der Waals surface area contributed by atoms with Crippen molar-refractivity contribution in [3.63, 3.8) is 0 Å². The van der Waals surface area contributed by atoms with Crippen molar-refractivity contribution in [3.05, 3.63) is 63.8 Å². The molecule has 1 atom stereocenters. The largest absolute Gasteiger partial charge is 0.480 e. The molecule has 0 spiro atoms. The number of fused-ring (bicyclic) bond motifs is 1. The lowest BCUT2D eigenvalue weighted by molar-refractivity contribution is -0.143. The second-order valence-corrected chi connectivity index (χ2v) is 8.40. The average molecular weight is 442 g/mol. The number of hydrogen-bond donors (Lipinski definition) is 2. The van der Waals surface area contributed by atoms with E-state index in [0.717, 1.165) is 34.0 Å². The number of carboxylic acid groups (broad SMARTS) is 1. The van der Waals surface area contributed by atoms with Crippen LogP contribution in [-0.4, -0.2) is 47.1 Å². The minimum absolute atomic E-state index is 0.642. The molecular formula is C22H24BrN3O2. The molecule has 0 amide bonds. The number of benzene rings is 2. The van der Waals surface area contributed by atoms with Crippen LogP contribution in [0.5, 0.6) is 0 Å². The van der Waals surface area contributed by atoms with Crippen LogP contribution >= 0.6 is 15.9 Å². The molecule has 0 bridgehead atoms. The first-order valence-electron chi connectivity index (χ1n) is 9.49. The van der Waals surface area contributed by atoms with E-state index in [2.05, 4.69) is 62.8 Å². The van der Waals surface area contributed by atoms with E-state index in [-0.39, 0.29) is 0 Å². The first kappa shape index (κ1) is 19.0. The minimum atomic E-state index is -0.802. The van der Waals surface area contributed by atoms with Gasteiger partial charge in [0.25, 0.3) is 0 Å². The highest BCUT2D eigenvalue weighted by Crippen LogP contribution is 2.32. The van der Waals surface area contributed by atoms with Gasteiger partial charge in [0, 0.05) is 59.0 Å². The summed E-state index contributed by atoms with van der Waals surface area (Å²) < 4.78 is 0.974. The van der Waals surface area contributed by atoms with Crippen molar-refractivity contribution < 1.29 is 9.90 Å². The fraction of sp³-hybridized carbons (Fsp3) is 0.318. The van der Waals surface area contributed by atoms with Crippen molar-refractivity contribution in [1.82, 2.24) is 9.88 Å². The van der Waals surface area contributed by atoms with Crippen LogP contribution in [0.25, 0.3) is 10.9 Å². The summed E-state index contributed by atoms with van der Waals surface area (Å²) in [6, 6.07) is 11.8. The van der Waals surface area contributed by atoms with Crippen LogP contribution in [0.15, 0.2) is 47.1 Å². The molecule has 1 fully saturated rings. The maximum atomic E-state index is 12.2. The highest BCUT2D eigenvalue weighted by Gasteiger charge is 2.32. The Balaban J connectivity index is 1.56. The number of carboxylic acids is 1. The summed E-state index contributed by atoms with van der Waals surface area (Å²) >= 11 is 3.47. The summed E-state index contributed by atoms with van der Waals surface area (Å²) in [5.41, 5.74) is 5.55. The second kappa shape index (κ2) is 7.60. The van der Waals surface area contributed by atoms with Crippen molar-refractivity contribution in [1.29, 1.82) is 0 Å². The third-order valence-electron chi connectivity index (χ3n) is 5.58. The number of aromatic amines is 1. The molecule has 4 rings (SSSR count). The SMILES string of the molecule is Cc1ccc(N2CCN([C@@H](C(=O)O)c3c[nH]c4cc(Br)ccc34)CC2)c(C)c1. The van der Waals surface area contributed by atoms with E-state index in [4.69, 9.17) is 0 Å². The normalized spacial score (nSPS) is 16.5.